The first-order valence-corrected chi connectivity index (χ1v) is 5.01. The van der Waals surface area contributed by atoms with Gasteiger partial charge in [-0.3, -0.25) is 4.79 Å². The van der Waals surface area contributed by atoms with Gasteiger partial charge in [0, 0.05) is 5.75 Å². The molecule has 0 aliphatic carbocycles. The summed E-state index contributed by atoms with van der Waals surface area (Å²) in [4.78, 5) is 11.3. The number of oxime groups is 1. The van der Waals surface area contributed by atoms with Crippen LogP contribution in [0.2, 0.25) is 0 Å². The van der Waals surface area contributed by atoms with Crippen molar-refractivity contribution in [3.63, 3.8) is 0 Å². The molecule has 0 aromatic carbocycles. The summed E-state index contributed by atoms with van der Waals surface area (Å²) in [5.74, 6) is -0.319. The van der Waals surface area contributed by atoms with Crippen molar-refractivity contribution >= 4 is 23.4 Å². The van der Waals surface area contributed by atoms with Crippen LogP contribution in [-0.2, 0) is 9.53 Å². The molecule has 1 aliphatic heterocycles. The molecule has 1 saturated heterocycles. The highest BCUT2D eigenvalue weighted by Crippen LogP contribution is 2.26. The Kier molecular flexibility index (Phi) is 3.56. The summed E-state index contributed by atoms with van der Waals surface area (Å²) in [5, 5.41) is 11.2. The molecule has 0 saturated carbocycles. The number of nitrogens with zero attached hydrogens (tertiary/aromatic N) is 1. The van der Waals surface area contributed by atoms with Crippen molar-refractivity contribution in [2.24, 2.45) is 16.8 Å². The number of thioether (sulfide) groups is 1. The van der Waals surface area contributed by atoms with Gasteiger partial charge in [-0.25, -0.2) is 0 Å². The molecular weight excluding hydrogens is 192 g/mol. The Labute approximate surface area is 80.3 Å². The molecule has 1 aliphatic rings. The number of rotatable bonds is 2. The fourth-order valence-corrected chi connectivity index (χ4v) is 2.22. The minimum absolute atomic E-state index is 0.309. The van der Waals surface area contributed by atoms with Crippen molar-refractivity contribution in [1.82, 2.24) is 0 Å². The Morgan fingerprint density at radius 2 is 2.62 bits per heavy atom. The number of esters is 1. The Bertz CT molecular complexity index is 232. The van der Waals surface area contributed by atoms with Crippen LogP contribution >= 0.6 is 11.8 Å². The fourth-order valence-electron chi connectivity index (χ4n) is 1.13. The van der Waals surface area contributed by atoms with Gasteiger partial charge >= 0.3 is 5.97 Å². The summed E-state index contributed by atoms with van der Waals surface area (Å²) in [5.41, 5.74) is 5.89. The fraction of sp³-hybridized carbons (Fsp3) is 0.714. The van der Waals surface area contributed by atoms with E-state index in [9.17, 15) is 4.79 Å². The quantitative estimate of drug-likeness (QED) is 0.376. The molecule has 1 heterocycles. The first-order valence-electron chi connectivity index (χ1n) is 3.96. The molecule has 0 aromatic rings. The van der Waals surface area contributed by atoms with Crippen LogP contribution in [0.15, 0.2) is 5.16 Å². The average molecular weight is 204 g/mol. The molecular formula is C7H12N2O3S. The van der Waals surface area contributed by atoms with Gasteiger partial charge in [-0.2, -0.15) is 0 Å². The van der Waals surface area contributed by atoms with Gasteiger partial charge in [0.25, 0.3) is 0 Å². The molecule has 0 bridgehead atoms. The maximum absolute atomic E-state index is 11.3. The van der Waals surface area contributed by atoms with Crippen LogP contribution in [0.1, 0.15) is 6.92 Å². The molecule has 2 atom stereocenters. The highest BCUT2D eigenvalue weighted by molar-refractivity contribution is 8.01. The van der Waals surface area contributed by atoms with Crippen LogP contribution in [0.25, 0.3) is 0 Å². The molecule has 13 heavy (non-hydrogen) atoms. The first-order chi connectivity index (χ1) is 6.20. The Morgan fingerprint density at radius 3 is 3.15 bits per heavy atom. The smallest absolute Gasteiger partial charge is 0.315 e. The van der Waals surface area contributed by atoms with Crippen LogP contribution in [0.5, 0.6) is 0 Å². The molecule has 5 nitrogen and oxygen atoms in total. The van der Waals surface area contributed by atoms with Gasteiger partial charge in [-0.05, 0) is 6.92 Å². The lowest BCUT2D eigenvalue weighted by Gasteiger charge is -2.08. The molecule has 74 valence electrons. The van der Waals surface area contributed by atoms with Gasteiger partial charge in [0.2, 0.25) is 0 Å². The van der Waals surface area contributed by atoms with Gasteiger partial charge in [-0.15, -0.1) is 11.8 Å². The van der Waals surface area contributed by atoms with Crippen molar-refractivity contribution in [2.45, 2.75) is 12.3 Å². The topological polar surface area (TPSA) is 84.9 Å². The van der Waals surface area contributed by atoms with Gasteiger partial charge in [-0.1, -0.05) is 5.16 Å². The third-order valence-corrected chi connectivity index (χ3v) is 2.90. The Hall–Kier alpha value is -0.750. The monoisotopic (exact) mass is 204 g/mol. The van der Waals surface area contributed by atoms with E-state index < -0.39 is 5.92 Å². The molecule has 1 rings (SSSR count). The maximum atomic E-state index is 11.3. The summed E-state index contributed by atoms with van der Waals surface area (Å²) < 4.78 is 4.81. The summed E-state index contributed by atoms with van der Waals surface area (Å²) in [6.45, 7) is 2.06. The number of ether oxygens (including phenoxy) is 1. The van der Waals surface area contributed by atoms with Crippen LogP contribution in [-0.4, -0.2) is 34.6 Å². The third-order valence-electron chi connectivity index (χ3n) is 1.78. The van der Waals surface area contributed by atoms with E-state index in [2.05, 4.69) is 5.16 Å². The molecule has 0 amide bonds. The van der Waals surface area contributed by atoms with Gasteiger partial charge < -0.3 is 15.7 Å². The van der Waals surface area contributed by atoms with E-state index in [4.69, 9.17) is 15.7 Å². The minimum atomic E-state index is -0.482. The Morgan fingerprint density at radius 1 is 1.92 bits per heavy atom. The van der Waals surface area contributed by atoms with E-state index in [0.717, 1.165) is 0 Å². The average Bonchev–Trinajstić information content (AvgIpc) is 2.47. The van der Waals surface area contributed by atoms with E-state index >= 15 is 0 Å². The number of hydrogen-bond acceptors (Lipinski definition) is 6. The maximum Gasteiger partial charge on any atom is 0.315 e. The zero-order valence-corrected chi connectivity index (χ0v) is 8.08. The zero-order chi connectivity index (χ0) is 9.84. The van der Waals surface area contributed by atoms with Crippen molar-refractivity contribution in [1.29, 1.82) is 0 Å². The molecule has 0 aromatic heterocycles. The van der Waals surface area contributed by atoms with Crippen molar-refractivity contribution in [2.75, 3.05) is 12.4 Å². The normalized spacial score (nSPS) is 30.8. The van der Waals surface area contributed by atoms with Gasteiger partial charge in [0.1, 0.15) is 5.92 Å². The second-order valence-corrected chi connectivity index (χ2v) is 3.76. The summed E-state index contributed by atoms with van der Waals surface area (Å²) in [6.07, 6.45) is 0. The predicted octanol–water partition coefficient (Wildman–Crippen LogP) is 0.0275. The van der Waals surface area contributed by atoms with Crippen molar-refractivity contribution in [3.8, 4) is 0 Å². The van der Waals surface area contributed by atoms with Crippen molar-refractivity contribution < 1.29 is 14.7 Å². The van der Waals surface area contributed by atoms with Crippen LogP contribution in [0.4, 0.5) is 0 Å². The summed E-state index contributed by atoms with van der Waals surface area (Å²) in [6, 6.07) is 0. The number of nitrogens with two attached hydrogens (primary N) is 1. The van der Waals surface area contributed by atoms with E-state index in [1.165, 1.54) is 11.8 Å². The lowest BCUT2D eigenvalue weighted by Crippen LogP contribution is -2.31. The molecule has 1 fully saturated rings. The largest absolute Gasteiger partial charge is 0.465 e. The second-order valence-electron chi connectivity index (χ2n) is 2.58. The molecule has 0 radical (unpaired) electrons. The lowest BCUT2D eigenvalue weighted by atomic mass is 10.1. The highest BCUT2D eigenvalue weighted by Gasteiger charge is 2.37. The molecule has 0 spiro atoms. The van der Waals surface area contributed by atoms with Gasteiger partial charge in [0.05, 0.1) is 17.7 Å². The van der Waals surface area contributed by atoms with E-state index in [-0.39, 0.29) is 11.3 Å². The summed E-state index contributed by atoms with van der Waals surface area (Å²) >= 11 is 1.38. The van der Waals surface area contributed by atoms with Crippen molar-refractivity contribution in [3.05, 3.63) is 0 Å². The van der Waals surface area contributed by atoms with Crippen LogP contribution < -0.4 is 5.73 Å². The van der Waals surface area contributed by atoms with Crippen LogP contribution in [0, 0.1) is 5.92 Å². The van der Waals surface area contributed by atoms with Crippen LogP contribution in [0.3, 0.4) is 0 Å². The van der Waals surface area contributed by atoms with Gasteiger partial charge in [0.15, 0.2) is 0 Å². The van der Waals surface area contributed by atoms with E-state index in [1.807, 2.05) is 0 Å². The SMILES string of the molecule is CCOC(=O)C1CSC(N)C1=NO. The Balaban J connectivity index is 2.65. The number of carbonyl (C=O) groups is 1. The molecule has 2 unspecified atom stereocenters. The standard InChI is InChI=1S/C7H12N2O3S/c1-2-12-7(10)4-3-13-6(8)5(4)9-11/h4,6,11H,2-3,8H2,1H3. The summed E-state index contributed by atoms with van der Waals surface area (Å²) in [7, 11) is 0. The second kappa shape index (κ2) is 4.48. The lowest BCUT2D eigenvalue weighted by molar-refractivity contribution is -0.144. The number of carbonyl (C=O) groups excluding carboxylic acids is 1. The minimum Gasteiger partial charge on any atom is -0.465 e. The third kappa shape index (κ3) is 2.13. The predicted molar refractivity (Wildman–Crippen MR) is 49.8 cm³/mol. The highest BCUT2D eigenvalue weighted by atomic mass is 32.2. The number of hydrogen-bond donors (Lipinski definition) is 2. The van der Waals surface area contributed by atoms with E-state index in [1.54, 1.807) is 6.92 Å². The van der Waals surface area contributed by atoms with E-state index in [0.29, 0.717) is 18.1 Å². The molecule has 3 N–H and O–H groups in total. The first kappa shape index (κ1) is 10.3. The molecule has 6 heteroatoms. The zero-order valence-electron chi connectivity index (χ0n) is 7.27.